The van der Waals surface area contributed by atoms with Gasteiger partial charge in [0.25, 0.3) is 0 Å². The first-order chi connectivity index (χ1) is 9.29. The van der Waals surface area contributed by atoms with Crippen LogP contribution in [0.5, 0.6) is 0 Å². The molecule has 1 aromatic carbocycles. The fraction of sp³-hybridized carbons (Fsp3) is 0.308. The van der Waals surface area contributed by atoms with Crippen molar-refractivity contribution in [1.82, 2.24) is 15.4 Å². The quantitative estimate of drug-likeness (QED) is 0.818. The Kier molecular flexibility index (Phi) is 2.91. The lowest BCUT2D eigenvalue weighted by atomic mass is 10.0. The molecule has 2 aromatic rings. The zero-order valence-corrected chi connectivity index (χ0v) is 10.6. The van der Waals surface area contributed by atoms with Crippen LogP contribution in [0.2, 0.25) is 0 Å². The molecular weight excluding hydrogens is 244 g/mol. The number of ether oxygens (including phenoxy) is 1. The Hall–Kier alpha value is -2.37. The van der Waals surface area contributed by atoms with Gasteiger partial charge < -0.3 is 10.1 Å². The van der Waals surface area contributed by atoms with Gasteiger partial charge >= 0.3 is 5.97 Å². The zero-order valence-electron chi connectivity index (χ0n) is 10.6. The number of esters is 1. The Balaban J connectivity index is 1.99. The van der Waals surface area contributed by atoms with E-state index in [2.05, 4.69) is 20.7 Å². The molecule has 0 saturated heterocycles. The second-order valence-electron chi connectivity index (χ2n) is 4.29. The summed E-state index contributed by atoms with van der Waals surface area (Å²) in [7, 11) is 0. The number of anilines is 1. The molecule has 0 spiro atoms. The van der Waals surface area contributed by atoms with Crippen LogP contribution in [0.15, 0.2) is 18.2 Å². The fourth-order valence-electron chi connectivity index (χ4n) is 2.23. The second-order valence-corrected chi connectivity index (χ2v) is 4.29. The predicted octanol–water partition coefficient (Wildman–Crippen LogP) is 1.62. The Morgan fingerprint density at radius 2 is 2.32 bits per heavy atom. The predicted molar refractivity (Wildman–Crippen MR) is 70.0 cm³/mol. The Labute approximate surface area is 110 Å². The number of aromatic nitrogens is 3. The molecular formula is C13H14N4O2. The fourth-order valence-corrected chi connectivity index (χ4v) is 2.23. The molecule has 0 saturated carbocycles. The summed E-state index contributed by atoms with van der Waals surface area (Å²) in [6.07, 6.45) is 0.982. The number of fused-ring (bicyclic) bond motifs is 1. The number of benzene rings is 1. The molecule has 2 N–H and O–H groups in total. The Morgan fingerprint density at radius 3 is 3.16 bits per heavy atom. The van der Waals surface area contributed by atoms with Gasteiger partial charge in [0.2, 0.25) is 0 Å². The highest BCUT2D eigenvalue weighted by atomic mass is 16.5. The van der Waals surface area contributed by atoms with Crippen molar-refractivity contribution in [2.24, 2.45) is 0 Å². The average Bonchev–Trinajstić information content (AvgIpc) is 3.07. The molecule has 3 rings (SSSR count). The van der Waals surface area contributed by atoms with E-state index in [9.17, 15) is 4.79 Å². The molecule has 0 amide bonds. The summed E-state index contributed by atoms with van der Waals surface area (Å²) >= 11 is 0. The van der Waals surface area contributed by atoms with Gasteiger partial charge in [0, 0.05) is 17.8 Å². The number of nitrogens with one attached hydrogen (secondary N) is 2. The molecule has 0 radical (unpaired) electrons. The number of hydrogen-bond acceptors (Lipinski definition) is 5. The van der Waals surface area contributed by atoms with Crippen LogP contribution < -0.4 is 5.32 Å². The summed E-state index contributed by atoms with van der Waals surface area (Å²) in [5.41, 5.74) is 4.01. The van der Waals surface area contributed by atoms with Gasteiger partial charge in [0.15, 0.2) is 5.69 Å². The standard InChI is InChI=1S/C13H14N4O2/c1-2-19-13(18)12-11(15-17-16-12)9-3-4-10-8(7-9)5-6-14-10/h3-4,7,14H,2,5-6H2,1H3,(H,15,16,17). The van der Waals surface area contributed by atoms with Crippen molar-refractivity contribution in [2.45, 2.75) is 13.3 Å². The number of aromatic amines is 1. The van der Waals surface area contributed by atoms with Crippen molar-refractivity contribution in [1.29, 1.82) is 0 Å². The summed E-state index contributed by atoms with van der Waals surface area (Å²) in [6, 6.07) is 5.97. The van der Waals surface area contributed by atoms with Gasteiger partial charge in [-0.2, -0.15) is 10.3 Å². The molecule has 0 aliphatic carbocycles. The Morgan fingerprint density at radius 1 is 1.42 bits per heavy atom. The van der Waals surface area contributed by atoms with E-state index in [1.165, 1.54) is 5.56 Å². The number of carbonyl (C=O) groups is 1. The first-order valence-corrected chi connectivity index (χ1v) is 6.24. The maximum atomic E-state index is 11.8. The molecule has 0 fully saturated rings. The lowest BCUT2D eigenvalue weighted by molar-refractivity contribution is 0.0520. The average molecular weight is 258 g/mol. The van der Waals surface area contributed by atoms with E-state index in [0.29, 0.717) is 12.3 Å². The van der Waals surface area contributed by atoms with E-state index in [4.69, 9.17) is 4.74 Å². The van der Waals surface area contributed by atoms with Crippen LogP contribution in [-0.4, -0.2) is 34.5 Å². The van der Waals surface area contributed by atoms with E-state index in [0.717, 1.165) is 24.2 Å². The van der Waals surface area contributed by atoms with Crippen molar-refractivity contribution in [2.75, 3.05) is 18.5 Å². The second kappa shape index (κ2) is 4.72. The molecule has 98 valence electrons. The summed E-state index contributed by atoms with van der Waals surface area (Å²) in [4.78, 5) is 11.8. The topological polar surface area (TPSA) is 79.9 Å². The maximum Gasteiger partial charge on any atom is 0.361 e. The molecule has 1 aliphatic heterocycles. The summed E-state index contributed by atoms with van der Waals surface area (Å²) in [5, 5.41) is 13.7. The van der Waals surface area contributed by atoms with Gasteiger partial charge in [-0.15, -0.1) is 5.10 Å². The molecule has 6 nitrogen and oxygen atoms in total. The van der Waals surface area contributed by atoms with E-state index >= 15 is 0 Å². The highest BCUT2D eigenvalue weighted by molar-refractivity contribution is 5.94. The van der Waals surface area contributed by atoms with Crippen LogP contribution in [-0.2, 0) is 11.2 Å². The number of nitrogens with zero attached hydrogens (tertiary/aromatic N) is 2. The first kappa shape index (κ1) is 11.7. The monoisotopic (exact) mass is 258 g/mol. The minimum absolute atomic E-state index is 0.229. The normalized spacial score (nSPS) is 12.9. The molecule has 1 aliphatic rings. The lowest BCUT2D eigenvalue weighted by Gasteiger charge is -2.04. The molecule has 2 heterocycles. The number of carbonyl (C=O) groups excluding carboxylic acids is 1. The first-order valence-electron chi connectivity index (χ1n) is 6.24. The van der Waals surface area contributed by atoms with Crippen LogP contribution in [0.4, 0.5) is 5.69 Å². The summed E-state index contributed by atoms with van der Waals surface area (Å²) in [6.45, 7) is 3.03. The smallest absolute Gasteiger partial charge is 0.361 e. The van der Waals surface area contributed by atoms with E-state index in [-0.39, 0.29) is 5.69 Å². The molecule has 19 heavy (non-hydrogen) atoms. The largest absolute Gasteiger partial charge is 0.461 e. The van der Waals surface area contributed by atoms with Gasteiger partial charge in [-0.1, -0.05) is 6.07 Å². The minimum Gasteiger partial charge on any atom is -0.461 e. The van der Waals surface area contributed by atoms with Crippen LogP contribution in [0, 0.1) is 0 Å². The van der Waals surface area contributed by atoms with Crippen LogP contribution >= 0.6 is 0 Å². The summed E-state index contributed by atoms with van der Waals surface area (Å²) in [5.74, 6) is -0.454. The van der Waals surface area contributed by atoms with E-state index in [1.807, 2.05) is 18.2 Å². The van der Waals surface area contributed by atoms with Crippen LogP contribution in [0.25, 0.3) is 11.3 Å². The third kappa shape index (κ3) is 2.05. The van der Waals surface area contributed by atoms with Gasteiger partial charge in [-0.05, 0) is 31.0 Å². The number of H-pyrrole nitrogens is 1. The van der Waals surface area contributed by atoms with E-state index < -0.39 is 5.97 Å². The summed E-state index contributed by atoms with van der Waals surface area (Å²) < 4.78 is 4.97. The Bertz CT molecular complexity index is 621. The van der Waals surface area contributed by atoms with Gasteiger partial charge in [0.1, 0.15) is 5.69 Å². The number of hydrogen-bond donors (Lipinski definition) is 2. The number of rotatable bonds is 3. The van der Waals surface area contributed by atoms with Crippen molar-refractivity contribution >= 4 is 11.7 Å². The third-order valence-electron chi connectivity index (χ3n) is 3.11. The van der Waals surface area contributed by atoms with E-state index in [1.54, 1.807) is 6.92 Å². The molecule has 0 unspecified atom stereocenters. The van der Waals surface area contributed by atoms with Crippen LogP contribution in [0.1, 0.15) is 23.0 Å². The zero-order chi connectivity index (χ0) is 13.2. The van der Waals surface area contributed by atoms with Crippen molar-refractivity contribution in [3.63, 3.8) is 0 Å². The maximum absolute atomic E-state index is 11.8. The van der Waals surface area contributed by atoms with Gasteiger partial charge in [-0.3, -0.25) is 0 Å². The molecule has 0 atom stereocenters. The van der Waals surface area contributed by atoms with Gasteiger partial charge in [-0.25, -0.2) is 4.79 Å². The SMILES string of the molecule is CCOC(=O)c1n[nH]nc1-c1ccc2c(c1)CCN2. The van der Waals surface area contributed by atoms with Crippen molar-refractivity contribution in [3.05, 3.63) is 29.5 Å². The molecule has 1 aromatic heterocycles. The van der Waals surface area contributed by atoms with Crippen LogP contribution in [0.3, 0.4) is 0 Å². The molecule has 6 heteroatoms. The lowest BCUT2D eigenvalue weighted by Crippen LogP contribution is -2.06. The molecule has 0 bridgehead atoms. The minimum atomic E-state index is -0.454. The third-order valence-corrected chi connectivity index (χ3v) is 3.11. The highest BCUT2D eigenvalue weighted by Gasteiger charge is 2.20. The van der Waals surface area contributed by atoms with Crippen molar-refractivity contribution in [3.8, 4) is 11.3 Å². The van der Waals surface area contributed by atoms with Crippen molar-refractivity contribution < 1.29 is 9.53 Å². The van der Waals surface area contributed by atoms with Gasteiger partial charge in [0.05, 0.1) is 6.61 Å². The highest BCUT2D eigenvalue weighted by Crippen LogP contribution is 2.28.